The fraction of sp³-hybridized carbons (Fsp3) is 0.364. The van der Waals surface area contributed by atoms with Gasteiger partial charge in [0.15, 0.2) is 0 Å². The lowest BCUT2D eigenvalue weighted by molar-refractivity contribution is 0.290. The lowest BCUT2D eigenvalue weighted by atomic mass is 10.2. The third-order valence-corrected chi connectivity index (χ3v) is 2.77. The topological polar surface area (TPSA) is 27.0 Å². The summed E-state index contributed by atoms with van der Waals surface area (Å²) in [6.45, 7) is 2.22. The molecule has 0 fully saturated rings. The lowest BCUT2D eigenvalue weighted by Crippen LogP contribution is -2.27. The van der Waals surface area contributed by atoms with Crippen molar-refractivity contribution in [3.05, 3.63) is 34.1 Å². The van der Waals surface area contributed by atoms with E-state index in [1.54, 1.807) is 31.0 Å². The third kappa shape index (κ3) is 3.29. The standard InChI is InChI=1S/C11H12BrFN2/c1-8(6-14)15(2)7-9-5-10(12)3-4-11(9)13/h3-5,8H,7H2,1-2H3. The van der Waals surface area contributed by atoms with Gasteiger partial charge in [0.05, 0.1) is 12.1 Å². The van der Waals surface area contributed by atoms with E-state index >= 15 is 0 Å². The van der Waals surface area contributed by atoms with Gasteiger partial charge < -0.3 is 0 Å². The Morgan fingerprint density at radius 1 is 1.60 bits per heavy atom. The Kier molecular flexibility index (Phi) is 4.25. The smallest absolute Gasteiger partial charge is 0.127 e. The summed E-state index contributed by atoms with van der Waals surface area (Å²) in [6, 6.07) is 6.70. The van der Waals surface area contributed by atoms with Gasteiger partial charge in [-0.2, -0.15) is 5.26 Å². The van der Waals surface area contributed by atoms with Crippen LogP contribution in [0, 0.1) is 17.1 Å². The van der Waals surface area contributed by atoms with Crippen molar-refractivity contribution in [3.8, 4) is 6.07 Å². The average Bonchev–Trinajstić information content (AvgIpc) is 2.22. The van der Waals surface area contributed by atoms with Crippen LogP contribution in [0.25, 0.3) is 0 Å². The van der Waals surface area contributed by atoms with Gasteiger partial charge in [-0.25, -0.2) is 4.39 Å². The Hall–Kier alpha value is -0.920. The second-order valence-electron chi connectivity index (χ2n) is 3.46. The molecule has 1 atom stereocenters. The molecule has 1 unspecified atom stereocenters. The molecule has 0 aliphatic carbocycles. The number of benzene rings is 1. The minimum atomic E-state index is -0.241. The Morgan fingerprint density at radius 3 is 2.87 bits per heavy atom. The van der Waals surface area contributed by atoms with Crippen LogP contribution in [-0.2, 0) is 6.54 Å². The van der Waals surface area contributed by atoms with Crippen molar-refractivity contribution in [2.24, 2.45) is 0 Å². The highest BCUT2D eigenvalue weighted by atomic mass is 79.9. The van der Waals surface area contributed by atoms with Gasteiger partial charge in [-0.05, 0) is 32.2 Å². The summed E-state index contributed by atoms with van der Waals surface area (Å²) >= 11 is 3.29. The first-order valence-electron chi connectivity index (χ1n) is 4.58. The zero-order valence-electron chi connectivity index (χ0n) is 8.67. The SMILES string of the molecule is CC(C#N)N(C)Cc1cc(Br)ccc1F. The summed E-state index contributed by atoms with van der Waals surface area (Å²) in [5, 5.41) is 8.71. The molecule has 4 heteroatoms. The van der Waals surface area contributed by atoms with Gasteiger partial charge in [0.1, 0.15) is 5.82 Å². The van der Waals surface area contributed by atoms with Crippen molar-refractivity contribution in [1.29, 1.82) is 5.26 Å². The largest absolute Gasteiger partial charge is 0.287 e. The molecule has 1 aromatic carbocycles. The Morgan fingerprint density at radius 2 is 2.27 bits per heavy atom. The molecule has 0 aliphatic rings. The maximum Gasteiger partial charge on any atom is 0.127 e. The van der Waals surface area contributed by atoms with Gasteiger partial charge in [0, 0.05) is 16.6 Å². The van der Waals surface area contributed by atoms with E-state index in [1.807, 2.05) is 0 Å². The fourth-order valence-electron chi connectivity index (χ4n) is 1.17. The highest BCUT2D eigenvalue weighted by Crippen LogP contribution is 2.17. The first-order valence-corrected chi connectivity index (χ1v) is 5.37. The van der Waals surface area contributed by atoms with Gasteiger partial charge in [-0.15, -0.1) is 0 Å². The minimum absolute atomic E-state index is 0.219. The Bertz CT molecular complexity index is 387. The molecular formula is C11H12BrFN2. The molecule has 0 heterocycles. The van der Waals surface area contributed by atoms with Crippen LogP contribution in [0.5, 0.6) is 0 Å². The van der Waals surface area contributed by atoms with E-state index < -0.39 is 0 Å². The minimum Gasteiger partial charge on any atom is -0.287 e. The normalized spacial score (nSPS) is 12.5. The molecule has 0 radical (unpaired) electrons. The molecule has 2 nitrogen and oxygen atoms in total. The summed E-state index contributed by atoms with van der Waals surface area (Å²) in [4.78, 5) is 1.80. The van der Waals surface area contributed by atoms with Crippen LogP contribution in [0.3, 0.4) is 0 Å². The van der Waals surface area contributed by atoms with E-state index in [2.05, 4.69) is 22.0 Å². The second-order valence-corrected chi connectivity index (χ2v) is 4.37. The second kappa shape index (κ2) is 5.24. The van der Waals surface area contributed by atoms with Crippen molar-refractivity contribution < 1.29 is 4.39 Å². The van der Waals surface area contributed by atoms with E-state index in [1.165, 1.54) is 6.07 Å². The molecule has 0 saturated carbocycles. The Labute approximate surface area is 97.4 Å². The summed E-state index contributed by atoms with van der Waals surface area (Å²) < 4.78 is 14.2. The quantitative estimate of drug-likeness (QED) is 0.845. The highest BCUT2D eigenvalue weighted by Gasteiger charge is 2.11. The van der Waals surface area contributed by atoms with E-state index in [0.29, 0.717) is 12.1 Å². The third-order valence-electron chi connectivity index (χ3n) is 2.28. The van der Waals surface area contributed by atoms with Crippen LogP contribution >= 0.6 is 15.9 Å². The zero-order valence-corrected chi connectivity index (χ0v) is 10.3. The number of hydrogen-bond acceptors (Lipinski definition) is 2. The molecule has 0 saturated heterocycles. The van der Waals surface area contributed by atoms with Gasteiger partial charge >= 0.3 is 0 Å². The van der Waals surface area contributed by atoms with Gasteiger partial charge in [-0.3, -0.25) is 4.90 Å². The van der Waals surface area contributed by atoms with Crippen molar-refractivity contribution in [1.82, 2.24) is 4.90 Å². The number of hydrogen-bond donors (Lipinski definition) is 0. The summed E-state index contributed by atoms with van der Waals surface area (Å²) in [6.07, 6.45) is 0. The maximum absolute atomic E-state index is 13.4. The van der Waals surface area contributed by atoms with Crippen LogP contribution < -0.4 is 0 Å². The van der Waals surface area contributed by atoms with Crippen LogP contribution in [-0.4, -0.2) is 18.0 Å². The highest BCUT2D eigenvalue weighted by molar-refractivity contribution is 9.10. The number of rotatable bonds is 3. The molecular weight excluding hydrogens is 259 g/mol. The van der Waals surface area contributed by atoms with Crippen molar-refractivity contribution >= 4 is 15.9 Å². The molecule has 1 rings (SSSR count). The van der Waals surface area contributed by atoms with Crippen molar-refractivity contribution in [2.75, 3.05) is 7.05 Å². The molecule has 0 aliphatic heterocycles. The van der Waals surface area contributed by atoms with Crippen molar-refractivity contribution in [2.45, 2.75) is 19.5 Å². The number of nitrogens with zero attached hydrogens (tertiary/aromatic N) is 2. The van der Waals surface area contributed by atoms with Gasteiger partial charge in [-0.1, -0.05) is 15.9 Å². The van der Waals surface area contributed by atoms with E-state index in [9.17, 15) is 4.39 Å². The molecule has 0 N–H and O–H groups in total. The van der Waals surface area contributed by atoms with Gasteiger partial charge in [0.2, 0.25) is 0 Å². The molecule has 0 aromatic heterocycles. The Balaban J connectivity index is 2.81. The van der Waals surface area contributed by atoms with Crippen molar-refractivity contribution in [3.63, 3.8) is 0 Å². The summed E-state index contributed by atoms with van der Waals surface area (Å²) in [5.74, 6) is -0.241. The van der Waals surface area contributed by atoms with Gasteiger partial charge in [0.25, 0.3) is 0 Å². The maximum atomic E-state index is 13.4. The first-order chi connectivity index (χ1) is 7.04. The molecule has 1 aromatic rings. The number of nitriles is 1. The molecule has 0 spiro atoms. The van der Waals surface area contributed by atoms with Crippen LogP contribution in [0.2, 0.25) is 0 Å². The lowest BCUT2D eigenvalue weighted by Gasteiger charge is -2.19. The molecule has 0 amide bonds. The van der Waals surface area contributed by atoms with E-state index in [-0.39, 0.29) is 11.9 Å². The first kappa shape index (κ1) is 12.2. The van der Waals surface area contributed by atoms with Crippen LogP contribution in [0.4, 0.5) is 4.39 Å². The fourth-order valence-corrected chi connectivity index (χ4v) is 1.58. The summed E-state index contributed by atoms with van der Waals surface area (Å²) in [5.41, 5.74) is 0.592. The van der Waals surface area contributed by atoms with E-state index in [0.717, 1.165) is 4.47 Å². The van der Waals surface area contributed by atoms with Crippen LogP contribution in [0.1, 0.15) is 12.5 Å². The summed E-state index contributed by atoms with van der Waals surface area (Å²) in [7, 11) is 1.80. The molecule has 15 heavy (non-hydrogen) atoms. The zero-order chi connectivity index (χ0) is 11.4. The predicted octanol–water partition coefficient (Wildman–Crippen LogP) is 2.93. The molecule has 80 valence electrons. The predicted molar refractivity (Wildman–Crippen MR) is 60.6 cm³/mol. The monoisotopic (exact) mass is 270 g/mol. The van der Waals surface area contributed by atoms with E-state index in [4.69, 9.17) is 5.26 Å². The average molecular weight is 271 g/mol. The number of halogens is 2. The molecule has 0 bridgehead atoms. The van der Waals surface area contributed by atoms with Crippen LogP contribution in [0.15, 0.2) is 22.7 Å².